The molecule has 2 aliphatic heterocycles. The summed E-state index contributed by atoms with van der Waals surface area (Å²) in [6.45, 7) is 4.94. The zero-order valence-corrected chi connectivity index (χ0v) is 13.0. The van der Waals surface area contributed by atoms with Crippen LogP contribution in [0.5, 0.6) is 0 Å². The summed E-state index contributed by atoms with van der Waals surface area (Å²) >= 11 is 0. The van der Waals surface area contributed by atoms with Crippen molar-refractivity contribution in [2.75, 3.05) is 27.2 Å². The molecule has 0 saturated heterocycles. The van der Waals surface area contributed by atoms with Crippen LogP contribution in [0.3, 0.4) is 0 Å². The van der Waals surface area contributed by atoms with E-state index < -0.39 is 6.10 Å². The van der Waals surface area contributed by atoms with Gasteiger partial charge in [0.05, 0.1) is 11.8 Å². The van der Waals surface area contributed by atoms with Crippen molar-refractivity contribution in [3.8, 4) is 0 Å². The van der Waals surface area contributed by atoms with E-state index in [-0.39, 0.29) is 11.8 Å². The van der Waals surface area contributed by atoms with Gasteiger partial charge in [0, 0.05) is 51.1 Å². The molecule has 0 aromatic carbocycles. The first kappa shape index (κ1) is 14.5. The van der Waals surface area contributed by atoms with E-state index in [1.54, 1.807) is 4.90 Å². The van der Waals surface area contributed by atoms with Crippen molar-refractivity contribution < 1.29 is 9.90 Å². The summed E-state index contributed by atoms with van der Waals surface area (Å²) in [6, 6.07) is 0. The van der Waals surface area contributed by atoms with E-state index in [0.717, 1.165) is 36.5 Å². The molecule has 2 atom stereocenters. The van der Waals surface area contributed by atoms with Gasteiger partial charge in [-0.2, -0.15) is 5.10 Å². The van der Waals surface area contributed by atoms with Gasteiger partial charge in [0.15, 0.2) is 0 Å². The standard InChI is InChI=1S/C15H24N4O2/c1-4-13(20)10-7-18(3)15(21)14-11-9-17(2)6-5-12(11)16-19(14)8-10/h10,13,20H,4-9H2,1-3H3. The second-order valence-electron chi connectivity index (χ2n) is 6.37. The molecule has 1 amide bonds. The summed E-state index contributed by atoms with van der Waals surface area (Å²) in [5.41, 5.74) is 2.86. The lowest BCUT2D eigenvalue weighted by Gasteiger charge is -2.25. The van der Waals surface area contributed by atoms with Gasteiger partial charge < -0.3 is 14.9 Å². The number of carbonyl (C=O) groups is 1. The normalized spacial score (nSPS) is 24.5. The zero-order valence-electron chi connectivity index (χ0n) is 13.0. The minimum Gasteiger partial charge on any atom is -0.393 e. The van der Waals surface area contributed by atoms with E-state index in [4.69, 9.17) is 0 Å². The number of nitrogens with zero attached hydrogens (tertiary/aromatic N) is 4. The maximum absolute atomic E-state index is 12.7. The minimum atomic E-state index is -0.393. The smallest absolute Gasteiger partial charge is 0.272 e. The van der Waals surface area contributed by atoms with E-state index in [1.807, 2.05) is 18.7 Å². The van der Waals surface area contributed by atoms with Gasteiger partial charge in [-0.15, -0.1) is 0 Å². The Labute approximate surface area is 125 Å². The molecule has 116 valence electrons. The lowest BCUT2D eigenvalue weighted by atomic mass is 10.0. The third kappa shape index (κ3) is 2.46. The minimum absolute atomic E-state index is 0.0323. The van der Waals surface area contributed by atoms with Crippen LogP contribution in [0.15, 0.2) is 0 Å². The van der Waals surface area contributed by atoms with Gasteiger partial charge in [-0.25, -0.2) is 0 Å². The summed E-state index contributed by atoms with van der Waals surface area (Å²) in [5.74, 6) is 0.0779. The summed E-state index contributed by atoms with van der Waals surface area (Å²) in [4.78, 5) is 16.7. The quantitative estimate of drug-likeness (QED) is 0.854. The Kier molecular flexibility index (Phi) is 3.75. The number of aliphatic hydroxyl groups is 1. The fourth-order valence-electron chi connectivity index (χ4n) is 3.40. The third-order valence-electron chi connectivity index (χ3n) is 4.72. The van der Waals surface area contributed by atoms with Crippen LogP contribution in [0.4, 0.5) is 0 Å². The first-order valence-electron chi connectivity index (χ1n) is 7.71. The first-order chi connectivity index (χ1) is 10.0. The van der Waals surface area contributed by atoms with Crippen LogP contribution in [0.2, 0.25) is 0 Å². The fraction of sp³-hybridized carbons (Fsp3) is 0.733. The average molecular weight is 292 g/mol. The first-order valence-corrected chi connectivity index (χ1v) is 7.71. The number of aliphatic hydroxyl groups excluding tert-OH is 1. The Bertz CT molecular complexity index is 554. The number of rotatable bonds is 2. The van der Waals surface area contributed by atoms with Crippen LogP contribution in [0, 0.1) is 5.92 Å². The molecular formula is C15H24N4O2. The number of hydrogen-bond acceptors (Lipinski definition) is 4. The van der Waals surface area contributed by atoms with Crippen LogP contribution in [0.1, 0.15) is 35.1 Å². The van der Waals surface area contributed by atoms with Crippen LogP contribution < -0.4 is 0 Å². The second kappa shape index (κ2) is 5.42. The molecule has 0 bridgehead atoms. The predicted octanol–water partition coefficient (Wildman–Crippen LogP) is 0.344. The van der Waals surface area contributed by atoms with E-state index in [0.29, 0.717) is 19.5 Å². The number of likely N-dealkylation sites (N-methyl/N-ethyl adjacent to an activating group) is 1. The molecule has 6 nitrogen and oxygen atoms in total. The number of aromatic nitrogens is 2. The molecule has 0 saturated carbocycles. The average Bonchev–Trinajstić information content (AvgIpc) is 2.75. The molecule has 0 fully saturated rings. The van der Waals surface area contributed by atoms with Gasteiger partial charge in [-0.05, 0) is 13.5 Å². The molecule has 1 aromatic rings. The number of amides is 1. The molecule has 2 unspecified atom stereocenters. The third-order valence-corrected chi connectivity index (χ3v) is 4.72. The summed E-state index contributed by atoms with van der Waals surface area (Å²) < 4.78 is 1.85. The molecule has 6 heteroatoms. The van der Waals surface area contributed by atoms with Crippen LogP contribution >= 0.6 is 0 Å². The van der Waals surface area contributed by atoms with Gasteiger partial charge >= 0.3 is 0 Å². The Balaban J connectivity index is 2.02. The van der Waals surface area contributed by atoms with E-state index in [2.05, 4.69) is 17.0 Å². The monoisotopic (exact) mass is 292 g/mol. The number of fused-ring (bicyclic) bond motifs is 3. The molecule has 0 aliphatic carbocycles. The van der Waals surface area contributed by atoms with Crippen LogP contribution in [-0.4, -0.2) is 63.9 Å². The van der Waals surface area contributed by atoms with E-state index >= 15 is 0 Å². The Hall–Kier alpha value is -1.40. The molecule has 0 spiro atoms. The molecule has 0 radical (unpaired) electrons. The van der Waals surface area contributed by atoms with Gasteiger partial charge in [0.2, 0.25) is 0 Å². The van der Waals surface area contributed by atoms with Gasteiger partial charge in [-0.3, -0.25) is 9.48 Å². The highest BCUT2D eigenvalue weighted by Gasteiger charge is 2.34. The summed E-state index contributed by atoms with van der Waals surface area (Å²) in [7, 11) is 3.89. The molecule has 1 aromatic heterocycles. The van der Waals surface area contributed by atoms with Crippen LogP contribution in [-0.2, 0) is 19.5 Å². The van der Waals surface area contributed by atoms with Crippen molar-refractivity contribution in [1.29, 1.82) is 0 Å². The highest BCUT2D eigenvalue weighted by atomic mass is 16.3. The molecule has 1 N–H and O–H groups in total. The molecular weight excluding hydrogens is 268 g/mol. The van der Waals surface area contributed by atoms with Crippen molar-refractivity contribution in [3.05, 3.63) is 17.0 Å². The lowest BCUT2D eigenvalue weighted by Crippen LogP contribution is -2.35. The maximum atomic E-state index is 12.7. The van der Waals surface area contributed by atoms with Crippen LogP contribution in [0.25, 0.3) is 0 Å². The summed E-state index contributed by atoms with van der Waals surface area (Å²) in [6.07, 6.45) is 1.20. The lowest BCUT2D eigenvalue weighted by molar-refractivity contribution is 0.0626. The van der Waals surface area contributed by atoms with Crippen molar-refractivity contribution in [2.24, 2.45) is 5.92 Å². The summed E-state index contributed by atoms with van der Waals surface area (Å²) in [5, 5.41) is 14.9. The van der Waals surface area contributed by atoms with Gasteiger partial charge in [0.1, 0.15) is 5.69 Å². The largest absolute Gasteiger partial charge is 0.393 e. The number of carbonyl (C=O) groups excluding carboxylic acids is 1. The van der Waals surface area contributed by atoms with Crippen molar-refractivity contribution in [2.45, 2.75) is 39.0 Å². The SMILES string of the molecule is CCC(O)C1CN(C)C(=O)c2c3c(nn2C1)CCN(C)C3. The highest BCUT2D eigenvalue weighted by Crippen LogP contribution is 2.27. The van der Waals surface area contributed by atoms with E-state index in [9.17, 15) is 9.90 Å². The maximum Gasteiger partial charge on any atom is 0.272 e. The predicted molar refractivity (Wildman–Crippen MR) is 79.0 cm³/mol. The number of hydrogen-bond donors (Lipinski definition) is 1. The highest BCUT2D eigenvalue weighted by molar-refractivity contribution is 5.94. The zero-order chi connectivity index (χ0) is 15.1. The molecule has 21 heavy (non-hydrogen) atoms. The van der Waals surface area contributed by atoms with Crippen molar-refractivity contribution >= 4 is 5.91 Å². The topological polar surface area (TPSA) is 61.6 Å². The Morgan fingerprint density at radius 2 is 2.14 bits per heavy atom. The van der Waals surface area contributed by atoms with Gasteiger partial charge in [-0.1, -0.05) is 6.92 Å². The van der Waals surface area contributed by atoms with Gasteiger partial charge in [0.25, 0.3) is 5.91 Å². The fourth-order valence-corrected chi connectivity index (χ4v) is 3.40. The molecule has 3 heterocycles. The molecule has 3 rings (SSSR count). The Morgan fingerprint density at radius 1 is 1.38 bits per heavy atom. The van der Waals surface area contributed by atoms with Crippen molar-refractivity contribution in [1.82, 2.24) is 19.6 Å². The van der Waals surface area contributed by atoms with E-state index in [1.165, 1.54) is 0 Å². The Morgan fingerprint density at radius 3 is 2.86 bits per heavy atom. The molecule has 2 aliphatic rings. The van der Waals surface area contributed by atoms with Crippen molar-refractivity contribution in [3.63, 3.8) is 0 Å². The second-order valence-corrected chi connectivity index (χ2v) is 6.37.